The van der Waals surface area contributed by atoms with E-state index in [2.05, 4.69) is 5.32 Å². The Morgan fingerprint density at radius 2 is 1.86 bits per heavy atom. The maximum Gasteiger partial charge on any atom is 0.261 e. The SMILES string of the molecule is CCCNC(=O)[C@@H](C)N(Cc1ccccc1Cl)C(=O)COc1ccc(Cl)c(C)c1. The molecule has 0 bridgehead atoms. The Bertz CT molecular complexity index is 858. The second kappa shape index (κ2) is 11.1. The van der Waals surface area contributed by atoms with E-state index in [0.717, 1.165) is 17.5 Å². The average Bonchev–Trinajstić information content (AvgIpc) is 2.71. The molecule has 2 aromatic rings. The summed E-state index contributed by atoms with van der Waals surface area (Å²) in [5, 5.41) is 4.01. The van der Waals surface area contributed by atoms with E-state index in [1.54, 1.807) is 31.2 Å². The monoisotopic (exact) mass is 436 g/mol. The van der Waals surface area contributed by atoms with Gasteiger partial charge in [-0.15, -0.1) is 0 Å². The maximum atomic E-state index is 13.0. The van der Waals surface area contributed by atoms with Crippen LogP contribution in [0.5, 0.6) is 5.75 Å². The minimum Gasteiger partial charge on any atom is -0.484 e. The predicted octanol–water partition coefficient (Wildman–Crippen LogP) is 4.62. The number of rotatable bonds is 9. The first kappa shape index (κ1) is 23.0. The Kier molecular flexibility index (Phi) is 8.80. The van der Waals surface area contributed by atoms with Crippen LogP contribution in [0.25, 0.3) is 0 Å². The van der Waals surface area contributed by atoms with Gasteiger partial charge in [0.25, 0.3) is 5.91 Å². The largest absolute Gasteiger partial charge is 0.484 e. The summed E-state index contributed by atoms with van der Waals surface area (Å²) < 4.78 is 5.65. The molecule has 5 nitrogen and oxygen atoms in total. The van der Waals surface area contributed by atoms with E-state index in [0.29, 0.717) is 22.3 Å². The summed E-state index contributed by atoms with van der Waals surface area (Å²) in [6.07, 6.45) is 0.815. The lowest BCUT2D eigenvalue weighted by atomic mass is 10.1. The summed E-state index contributed by atoms with van der Waals surface area (Å²) in [6.45, 7) is 6.10. The first-order valence-electron chi connectivity index (χ1n) is 9.53. The lowest BCUT2D eigenvalue weighted by molar-refractivity contribution is -0.142. The number of ether oxygens (including phenoxy) is 1. The third kappa shape index (κ3) is 6.65. The van der Waals surface area contributed by atoms with Crippen LogP contribution in [-0.2, 0) is 16.1 Å². The molecule has 0 fully saturated rings. The number of halogens is 2. The first-order chi connectivity index (χ1) is 13.8. The van der Waals surface area contributed by atoms with Gasteiger partial charge in [0.05, 0.1) is 0 Å². The van der Waals surface area contributed by atoms with Crippen LogP contribution in [0.1, 0.15) is 31.4 Å². The Labute approximate surface area is 181 Å². The van der Waals surface area contributed by atoms with Crippen molar-refractivity contribution in [1.29, 1.82) is 0 Å². The molecule has 1 atom stereocenters. The molecule has 0 saturated carbocycles. The summed E-state index contributed by atoms with van der Waals surface area (Å²) in [4.78, 5) is 26.9. The zero-order valence-electron chi connectivity index (χ0n) is 16.9. The van der Waals surface area contributed by atoms with E-state index in [9.17, 15) is 9.59 Å². The fraction of sp³-hybridized carbons (Fsp3) is 0.364. The molecule has 2 rings (SSSR count). The van der Waals surface area contributed by atoms with E-state index in [1.165, 1.54) is 4.90 Å². The summed E-state index contributed by atoms with van der Waals surface area (Å²) in [7, 11) is 0. The van der Waals surface area contributed by atoms with Crippen molar-refractivity contribution in [2.24, 2.45) is 0 Å². The summed E-state index contributed by atoms with van der Waals surface area (Å²) in [6, 6.07) is 11.8. The highest BCUT2D eigenvalue weighted by molar-refractivity contribution is 6.31. The lowest BCUT2D eigenvalue weighted by Crippen LogP contribution is -2.49. The molecule has 1 N–H and O–H groups in total. The molecule has 0 spiro atoms. The Hall–Kier alpha value is -2.24. The molecule has 7 heteroatoms. The molecular formula is C22H26Cl2N2O3. The van der Waals surface area contributed by atoms with Crippen LogP contribution in [0.4, 0.5) is 0 Å². The summed E-state index contributed by atoms with van der Waals surface area (Å²) >= 11 is 12.3. The number of amides is 2. The predicted molar refractivity (Wildman–Crippen MR) is 116 cm³/mol. The van der Waals surface area contributed by atoms with Crippen molar-refractivity contribution in [3.63, 3.8) is 0 Å². The number of hydrogen-bond donors (Lipinski definition) is 1. The molecule has 0 aliphatic rings. The van der Waals surface area contributed by atoms with E-state index in [-0.39, 0.29) is 25.0 Å². The molecule has 0 radical (unpaired) electrons. The van der Waals surface area contributed by atoms with Crippen LogP contribution < -0.4 is 10.1 Å². The molecule has 2 aromatic carbocycles. The highest BCUT2D eigenvalue weighted by atomic mass is 35.5. The fourth-order valence-electron chi connectivity index (χ4n) is 2.72. The van der Waals surface area contributed by atoms with Crippen molar-refractivity contribution < 1.29 is 14.3 Å². The number of nitrogens with one attached hydrogen (secondary N) is 1. The van der Waals surface area contributed by atoms with Crippen LogP contribution in [0, 0.1) is 6.92 Å². The normalized spacial score (nSPS) is 11.6. The van der Waals surface area contributed by atoms with Crippen LogP contribution in [0.15, 0.2) is 42.5 Å². The summed E-state index contributed by atoms with van der Waals surface area (Å²) in [5.41, 5.74) is 1.62. The van der Waals surface area contributed by atoms with Gasteiger partial charge < -0.3 is 15.0 Å². The quantitative estimate of drug-likeness (QED) is 0.623. The van der Waals surface area contributed by atoms with Gasteiger partial charge in [0.15, 0.2) is 6.61 Å². The molecule has 2 amide bonds. The van der Waals surface area contributed by atoms with Crippen LogP contribution >= 0.6 is 23.2 Å². The maximum absolute atomic E-state index is 13.0. The Morgan fingerprint density at radius 1 is 1.14 bits per heavy atom. The highest BCUT2D eigenvalue weighted by Crippen LogP contribution is 2.22. The van der Waals surface area contributed by atoms with Gasteiger partial charge in [-0.25, -0.2) is 0 Å². The standard InChI is InChI=1S/C22H26Cl2N2O3/c1-4-11-25-22(28)16(3)26(13-17-7-5-6-8-20(17)24)21(27)14-29-18-9-10-19(23)15(2)12-18/h5-10,12,16H,4,11,13-14H2,1-3H3,(H,25,28)/t16-/m1/s1. The van der Waals surface area contributed by atoms with E-state index in [1.807, 2.05) is 32.0 Å². The van der Waals surface area contributed by atoms with Crippen molar-refractivity contribution in [3.05, 3.63) is 63.6 Å². The third-order valence-corrected chi connectivity index (χ3v) is 5.30. The van der Waals surface area contributed by atoms with Gasteiger partial charge in [-0.05, 0) is 55.7 Å². The van der Waals surface area contributed by atoms with Crippen LogP contribution in [-0.4, -0.2) is 35.9 Å². The molecule has 0 heterocycles. The van der Waals surface area contributed by atoms with Crippen molar-refractivity contribution in [2.75, 3.05) is 13.2 Å². The van der Waals surface area contributed by atoms with Crippen LogP contribution in [0.3, 0.4) is 0 Å². The van der Waals surface area contributed by atoms with Crippen molar-refractivity contribution in [1.82, 2.24) is 10.2 Å². The van der Waals surface area contributed by atoms with Gasteiger partial charge in [0.1, 0.15) is 11.8 Å². The van der Waals surface area contributed by atoms with E-state index in [4.69, 9.17) is 27.9 Å². The van der Waals surface area contributed by atoms with Crippen LogP contribution in [0.2, 0.25) is 10.0 Å². The second-order valence-electron chi connectivity index (χ2n) is 6.78. The first-order valence-corrected chi connectivity index (χ1v) is 10.3. The number of aryl methyl sites for hydroxylation is 1. The number of carbonyl (C=O) groups is 2. The Balaban J connectivity index is 2.15. The zero-order chi connectivity index (χ0) is 21.4. The topological polar surface area (TPSA) is 58.6 Å². The molecular weight excluding hydrogens is 411 g/mol. The third-order valence-electron chi connectivity index (χ3n) is 4.51. The van der Waals surface area contributed by atoms with Gasteiger partial charge in [-0.2, -0.15) is 0 Å². The minimum atomic E-state index is -0.666. The molecule has 0 saturated heterocycles. The average molecular weight is 437 g/mol. The molecule has 156 valence electrons. The lowest BCUT2D eigenvalue weighted by Gasteiger charge is -2.29. The molecule has 29 heavy (non-hydrogen) atoms. The zero-order valence-corrected chi connectivity index (χ0v) is 18.4. The van der Waals surface area contributed by atoms with E-state index >= 15 is 0 Å². The smallest absolute Gasteiger partial charge is 0.261 e. The number of nitrogens with zero attached hydrogens (tertiary/aromatic N) is 1. The fourth-order valence-corrected chi connectivity index (χ4v) is 3.04. The minimum absolute atomic E-state index is 0.197. The molecule has 0 aromatic heterocycles. The number of carbonyl (C=O) groups excluding carboxylic acids is 2. The second-order valence-corrected chi connectivity index (χ2v) is 7.59. The molecule has 0 aliphatic carbocycles. The van der Waals surface area contributed by atoms with Gasteiger partial charge in [0.2, 0.25) is 5.91 Å². The van der Waals surface area contributed by atoms with Crippen molar-refractivity contribution >= 4 is 35.0 Å². The molecule has 0 unspecified atom stereocenters. The van der Waals surface area contributed by atoms with Crippen molar-refractivity contribution in [2.45, 2.75) is 39.8 Å². The van der Waals surface area contributed by atoms with Gasteiger partial charge in [-0.1, -0.05) is 48.3 Å². The Morgan fingerprint density at radius 3 is 2.52 bits per heavy atom. The number of benzene rings is 2. The number of hydrogen-bond acceptors (Lipinski definition) is 3. The van der Waals surface area contributed by atoms with Crippen molar-refractivity contribution in [3.8, 4) is 5.75 Å². The molecule has 0 aliphatic heterocycles. The van der Waals surface area contributed by atoms with Gasteiger partial charge >= 0.3 is 0 Å². The van der Waals surface area contributed by atoms with Gasteiger partial charge in [-0.3, -0.25) is 9.59 Å². The highest BCUT2D eigenvalue weighted by Gasteiger charge is 2.26. The van der Waals surface area contributed by atoms with Gasteiger partial charge in [0, 0.05) is 23.1 Å². The summed E-state index contributed by atoms with van der Waals surface area (Å²) in [5.74, 6) is 0.0206. The van der Waals surface area contributed by atoms with E-state index < -0.39 is 6.04 Å².